The Morgan fingerprint density at radius 3 is 3.00 bits per heavy atom. The van der Waals surface area contributed by atoms with Crippen molar-refractivity contribution in [3.63, 3.8) is 0 Å². The predicted octanol–water partition coefficient (Wildman–Crippen LogP) is 1.63. The molecule has 8 nitrogen and oxygen atoms in total. The molecule has 0 saturated carbocycles. The van der Waals surface area contributed by atoms with Crippen molar-refractivity contribution in [3.8, 4) is 0 Å². The summed E-state index contributed by atoms with van der Waals surface area (Å²) >= 11 is 0. The van der Waals surface area contributed by atoms with Crippen LogP contribution in [0, 0.1) is 5.92 Å². The summed E-state index contributed by atoms with van der Waals surface area (Å²) in [5, 5.41) is 12.6. The second-order valence-electron chi connectivity index (χ2n) is 4.54. The van der Waals surface area contributed by atoms with Crippen molar-refractivity contribution in [2.75, 3.05) is 23.7 Å². The van der Waals surface area contributed by atoms with Crippen molar-refractivity contribution in [2.45, 2.75) is 6.42 Å². The number of hydrogen-bond acceptors (Lipinski definition) is 4. The standard InChI is InChI=1S/C12H13N5O3/c13-9-3-1-2-8(12(19)20)11(9)17-6-7(4-10(17)18)5-15-16-14/h1-3,7H,4-6,13H2,(H,19,20). The Morgan fingerprint density at radius 2 is 2.35 bits per heavy atom. The molecule has 1 fully saturated rings. The molecular weight excluding hydrogens is 262 g/mol. The predicted molar refractivity (Wildman–Crippen MR) is 72.3 cm³/mol. The molecule has 1 aliphatic rings. The van der Waals surface area contributed by atoms with Gasteiger partial charge >= 0.3 is 5.97 Å². The van der Waals surface area contributed by atoms with Gasteiger partial charge in [-0.2, -0.15) is 0 Å². The van der Waals surface area contributed by atoms with Crippen LogP contribution in [0.4, 0.5) is 11.4 Å². The summed E-state index contributed by atoms with van der Waals surface area (Å²) in [5.74, 6) is -1.48. The first-order chi connectivity index (χ1) is 9.54. The van der Waals surface area contributed by atoms with E-state index in [9.17, 15) is 14.7 Å². The van der Waals surface area contributed by atoms with Gasteiger partial charge in [-0.1, -0.05) is 11.2 Å². The van der Waals surface area contributed by atoms with E-state index in [4.69, 9.17) is 11.3 Å². The molecule has 8 heteroatoms. The number of hydrogen-bond donors (Lipinski definition) is 2. The van der Waals surface area contributed by atoms with Crippen molar-refractivity contribution < 1.29 is 14.7 Å². The maximum atomic E-state index is 12.0. The third kappa shape index (κ3) is 2.50. The average molecular weight is 275 g/mol. The lowest BCUT2D eigenvalue weighted by Crippen LogP contribution is -2.27. The summed E-state index contributed by atoms with van der Waals surface area (Å²) in [6.07, 6.45) is 0.215. The minimum absolute atomic E-state index is 0.0113. The Balaban J connectivity index is 2.35. The van der Waals surface area contributed by atoms with Crippen LogP contribution >= 0.6 is 0 Å². The highest BCUT2D eigenvalue weighted by Crippen LogP contribution is 2.33. The first-order valence-corrected chi connectivity index (χ1v) is 5.97. The molecule has 2 rings (SSSR count). The van der Waals surface area contributed by atoms with Gasteiger partial charge in [0.2, 0.25) is 5.91 Å². The molecule has 1 unspecified atom stereocenters. The lowest BCUT2D eigenvalue weighted by Gasteiger charge is -2.20. The van der Waals surface area contributed by atoms with E-state index in [1.807, 2.05) is 0 Å². The number of nitrogens with zero attached hydrogens (tertiary/aromatic N) is 4. The monoisotopic (exact) mass is 275 g/mol. The molecule has 104 valence electrons. The molecule has 1 heterocycles. The maximum absolute atomic E-state index is 12.0. The second kappa shape index (κ2) is 5.50. The number of para-hydroxylation sites is 1. The van der Waals surface area contributed by atoms with Crippen LogP contribution in [0.25, 0.3) is 10.4 Å². The highest BCUT2D eigenvalue weighted by molar-refractivity contribution is 6.06. The van der Waals surface area contributed by atoms with E-state index in [0.29, 0.717) is 6.54 Å². The van der Waals surface area contributed by atoms with E-state index in [-0.39, 0.29) is 41.7 Å². The molecule has 0 bridgehead atoms. The van der Waals surface area contributed by atoms with Crippen LogP contribution in [-0.4, -0.2) is 30.1 Å². The fraction of sp³-hybridized carbons (Fsp3) is 0.333. The Morgan fingerprint density at radius 1 is 1.60 bits per heavy atom. The van der Waals surface area contributed by atoms with Crippen LogP contribution in [0.3, 0.4) is 0 Å². The Kier molecular flexibility index (Phi) is 3.76. The van der Waals surface area contributed by atoms with Crippen molar-refractivity contribution >= 4 is 23.3 Å². The van der Waals surface area contributed by atoms with Crippen molar-refractivity contribution in [2.24, 2.45) is 11.0 Å². The number of nitrogens with two attached hydrogens (primary N) is 1. The minimum Gasteiger partial charge on any atom is -0.478 e. The van der Waals surface area contributed by atoms with Gasteiger partial charge in [-0.25, -0.2) is 4.79 Å². The number of rotatable bonds is 4. The molecule has 1 aliphatic heterocycles. The molecule has 20 heavy (non-hydrogen) atoms. The van der Waals surface area contributed by atoms with Crippen LogP contribution in [0.5, 0.6) is 0 Å². The molecule has 1 amide bonds. The van der Waals surface area contributed by atoms with E-state index in [1.54, 1.807) is 6.07 Å². The number of amides is 1. The van der Waals surface area contributed by atoms with Crippen LogP contribution in [-0.2, 0) is 4.79 Å². The van der Waals surface area contributed by atoms with E-state index >= 15 is 0 Å². The fourth-order valence-corrected chi connectivity index (χ4v) is 2.31. The summed E-state index contributed by atoms with van der Waals surface area (Å²) in [4.78, 5) is 27.3. The zero-order chi connectivity index (χ0) is 14.7. The first kappa shape index (κ1) is 13.7. The largest absolute Gasteiger partial charge is 0.478 e. The zero-order valence-electron chi connectivity index (χ0n) is 10.6. The number of carboxylic acid groups (broad SMARTS) is 1. The SMILES string of the molecule is [N-]=[N+]=NCC1CC(=O)N(c2c(N)cccc2C(=O)O)C1. The summed E-state index contributed by atoms with van der Waals surface area (Å²) in [5.41, 5.74) is 14.5. The van der Waals surface area contributed by atoms with E-state index in [1.165, 1.54) is 17.0 Å². The number of carbonyl (C=O) groups is 2. The van der Waals surface area contributed by atoms with Gasteiger partial charge in [0.15, 0.2) is 0 Å². The Labute approximate surface area is 114 Å². The van der Waals surface area contributed by atoms with Crippen LogP contribution in [0.1, 0.15) is 16.8 Å². The average Bonchev–Trinajstić information content (AvgIpc) is 2.77. The molecule has 3 N–H and O–H groups in total. The van der Waals surface area contributed by atoms with E-state index in [2.05, 4.69) is 10.0 Å². The number of carboxylic acids is 1. The molecule has 1 saturated heterocycles. The van der Waals surface area contributed by atoms with Gasteiger partial charge in [0.25, 0.3) is 0 Å². The summed E-state index contributed by atoms with van der Waals surface area (Å²) < 4.78 is 0. The van der Waals surface area contributed by atoms with Gasteiger partial charge < -0.3 is 15.7 Å². The smallest absolute Gasteiger partial charge is 0.337 e. The summed E-state index contributed by atoms with van der Waals surface area (Å²) in [6, 6.07) is 4.48. The van der Waals surface area contributed by atoms with Gasteiger partial charge in [-0.15, -0.1) is 0 Å². The molecule has 0 aliphatic carbocycles. The topological polar surface area (TPSA) is 132 Å². The normalized spacial score (nSPS) is 17.9. The zero-order valence-corrected chi connectivity index (χ0v) is 10.6. The molecule has 1 atom stereocenters. The number of nitrogen functional groups attached to an aromatic ring is 1. The number of azide groups is 1. The summed E-state index contributed by atoms with van der Waals surface area (Å²) in [7, 11) is 0. The molecule has 0 spiro atoms. The van der Waals surface area contributed by atoms with Gasteiger partial charge in [0, 0.05) is 24.4 Å². The lowest BCUT2D eigenvalue weighted by molar-refractivity contribution is -0.117. The van der Waals surface area contributed by atoms with Crippen LogP contribution in [0.2, 0.25) is 0 Å². The highest BCUT2D eigenvalue weighted by Gasteiger charge is 2.33. The molecular formula is C12H13N5O3. The highest BCUT2D eigenvalue weighted by atomic mass is 16.4. The summed E-state index contributed by atoms with van der Waals surface area (Å²) in [6.45, 7) is 0.500. The van der Waals surface area contributed by atoms with Crippen LogP contribution < -0.4 is 10.6 Å². The molecule has 0 radical (unpaired) electrons. The first-order valence-electron chi connectivity index (χ1n) is 5.97. The van der Waals surface area contributed by atoms with E-state index in [0.717, 1.165) is 0 Å². The number of aromatic carboxylic acids is 1. The number of benzene rings is 1. The van der Waals surface area contributed by atoms with Crippen molar-refractivity contribution in [1.29, 1.82) is 0 Å². The van der Waals surface area contributed by atoms with Gasteiger partial charge in [-0.3, -0.25) is 4.79 Å². The van der Waals surface area contributed by atoms with Gasteiger partial charge in [-0.05, 0) is 23.6 Å². The third-order valence-corrected chi connectivity index (χ3v) is 3.18. The Bertz CT molecular complexity index is 609. The molecule has 1 aromatic carbocycles. The maximum Gasteiger partial charge on any atom is 0.337 e. The van der Waals surface area contributed by atoms with E-state index < -0.39 is 5.97 Å². The quantitative estimate of drug-likeness (QED) is 0.374. The second-order valence-corrected chi connectivity index (χ2v) is 4.54. The lowest BCUT2D eigenvalue weighted by atomic mass is 10.1. The number of anilines is 2. The molecule has 1 aromatic rings. The fourth-order valence-electron chi connectivity index (χ4n) is 2.31. The van der Waals surface area contributed by atoms with Gasteiger partial charge in [0.05, 0.1) is 16.9 Å². The van der Waals surface area contributed by atoms with Crippen molar-refractivity contribution in [1.82, 2.24) is 0 Å². The van der Waals surface area contributed by atoms with Gasteiger partial charge in [0.1, 0.15) is 0 Å². The number of carbonyl (C=O) groups excluding carboxylic acids is 1. The van der Waals surface area contributed by atoms with Crippen LogP contribution in [0.15, 0.2) is 23.3 Å². The van der Waals surface area contributed by atoms with Crippen molar-refractivity contribution in [3.05, 3.63) is 34.2 Å². The minimum atomic E-state index is -1.14. The Hall–Kier alpha value is -2.73. The molecule has 0 aromatic heterocycles. The third-order valence-electron chi connectivity index (χ3n) is 3.18.